The predicted octanol–water partition coefficient (Wildman–Crippen LogP) is 5.49. The molecular formula is C22H23N5OS. The van der Waals surface area contributed by atoms with Crippen LogP contribution in [-0.2, 0) is 6.54 Å². The second kappa shape index (κ2) is 8.21. The van der Waals surface area contributed by atoms with E-state index in [0.29, 0.717) is 11.8 Å². The van der Waals surface area contributed by atoms with Gasteiger partial charge in [-0.05, 0) is 45.4 Å². The quantitative estimate of drug-likeness (QED) is 0.395. The van der Waals surface area contributed by atoms with Gasteiger partial charge in [0.05, 0.1) is 5.25 Å². The maximum atomic E-state index is 5.93. The molecule has 4 rings (SSSR count). The van der Waals surface area contributed by atoms with Crippen LogP contribution in [0.1, 0.15) is 36.1 Å². The molecule has 0 aliphatic heterocycles. The van der Waals surface area contributed by atoms with E-state index in [1.807, 2.05) is 43.3 Å². The summed E-state index contributed by atoms with van der Waals surface area (Å²) < 4.78 is 8.05. The normalized spacial score (nSPS) is 12.3. The monoisotopic (exact) mass is 405 g/mol. The van der Waals surface area contributed by atoms with E-state index >= 15 is 0 Å². The molecule has 148 valence electrons. The zero-order valence-corrected chi connectivity index (χ0v) is 17.8. The van der Waals surface area contributed by atoms with Gasteiger partial charge in [0.2, 0.25) is 11.8 Å². The van der Waals surface area contributed by atoms with Gasteiger partial charge in [0.25, 0.3) is 0 Å². The lowest BCUT2D eigenvalue weighted by molar-refractivity contribution is 0.508. The van der Waals surface area contributed by atoms with Gasteiger partial charge in [-0.2, -0.15) is 0 Å². The first-order chi connectivity index (χ1) is 14.1. The molecule has 0 N–H and O–H groups in total. The van der Waals surface area contributed by atoms with E-state index in [1.54, 1.807) is 11.8 Å². The number of hydrogen-bond acceptors (Lipinski definition) is 6. The Labute approximate surface area is 174 Å². The molecule has 0 fully saturated rings. The van der Waals surface area contributed by atoms with E-state index in [9.17, 15) is 0 Å². The summed E-state index contributed by atoms with van der Waals surface area (Å²) in [6.07, 6.45) is 0. The predicted molar refractivity (Wildman–Crippen MR) is 115 cm³/mol. The lowest BCUT2D eigenvalue weighted by atomic mass is 10.1. The zero-order valence-electron chi connectivity index (χ0n) is 17.0. The van der Waals surface area contributed by atoms with Crippen LogP contribution in [0.5, 0.6) is 0 Å². The van der Waals surface area contributed by atoms with E-state index in [0.717, 1.165) is 28.7 Å². The lowest BCUT2D eigenvalue weighted by Gasteiger charge is -2.10. The van der Waals surface area contributed by atoms with Crippen LogP contribution in [0, 0.1) is 13.8 Å². The molecule has 1 atom stereocenters. The molecule has 0 amide bonds. The van der Waals surface area contributed by atoms with E-state index in [4.69, 9.17) is 4.42 Å². The second-order valence-electron chi connectivity index (χ2n) is 6.94. The van der Waals surface area contributed by atoms with E-state index in [1.165, 1.54) is 11.1 Å². The van der Waals surface area contributed by atoms with Crippen LogP contribution in [0.25, 0.3) is 22.8 Å². The fraction of sp³-hybridized carbons (Fsp3) is 0.273. The van der Waals surface area contributed by atoms with Crippen LogP contribution in [0.3, 0.4) is 0 Å². The van der Waals surface area contributed by atoms with Crippen molar-refractivity contribution >= 4 is 11.8 Å². The number of rotatable bonds is 6. The van der Waals surface area contributed by atoms with Crippen molar-refractivity contribution in [3.05, 3.63) is 65.5 Å². The third-order valence-electron chi connectivity index (χ3n) is 4.79. The van der Waals surface area contributed by atoms with Gasteiger partial charge in [0, 0.05) is 17.7 Å². The van der Waals surface area contributed by atoms with E-state index < -0.39 is 0 Å². The molecule has 2 heterocycles. The third kappa shape index (κ3) is 3.96. The molecule has 0 saturated carbocycles. The lowest BCUT2D eigenvalue weighted by Crippen LogP contribution is -2.01. The first-order valence-electron chi connectivity index (χ1n) is 9.63. The highest BCUT2D eigenvalue weighted by atomic mass is 32.2. The summed E-state index contributed by atoms with van der Waals surface area (Å²) in [5.41, 5.74) is 4.39. The number of thioether (sulfide) groups is 1. The van der Waals surface area contributed by atoms with E-state index in [2.05, 4.69) is 57.9 Å². The highest BCUT2D eigenvalue weighted by Gasteiger charge is 2.21. The summed E-state index contributed by atoms with van der Waals surface area (Å²) in [6, 6.07) is 16.3. The molecule has 29 heavy (non-hydrogen) atoms. The number of aromatic nitrogens is 5. The van der Waals surface area contributed by atoms with Crippen molar-refractivity contribution in [3.63, 3.8) is 0 Å². The smallest absolute Gasteiger partial charge is 0.247 e. The summed E-state index contributed by atoms with van der Waals surface area (Å²) in [6.45, 7) is 9.06. The first kappa shape index (κ1) is 19.4. The van der Waals surface area contributed by atoms with Crippen molar-refractivity contribution in [1.29, 1.82) is 0 Å². The molecule has 2 aromatic heterocycles. The zero-order chi connectivity index (χ0) is 20.4. The minimum absolute atomic E-state index is 0.0408. The average Bonchev–Trinajstić information content (AvgIpc) is 3.36. The summed E-state index contributed by atoms with van der Waals surface area (Å²) in [7, 11) is 0. The molecule has 0 aliphatic rings. The maximum Gasteiger partial charge on any atom is 0.247 e. The molecule has 0 unspecified atom stereocenters. The Morgan fingerprint density at radius 3 is 2.45 bits per heavy atom. The van der Waals surface area contributed by atoms with Crippen molar-refractivity contribution in [2.45, 2.75) is 44.6 Å². The summed E-state index contributed by atoms with van der Waals surface area (Å²) in [4.78, 5) is 0. The summed E-state index contributed by atoms with van der Waals surface area (Å²) >= 11 is 1.57. The standard InChI is InChI=1S/C22H23N5OS/c1-5-27-19(18-9-7-6-8-15(18)3)23-26-22(27)29-16(4)20-24-25-21(28-20)17-12-10-14(2)11-13-17/h6-13,16H,5H2,1-4H3/t16-/m1/s1. The highest BCUT2D eigenvalue weighted by Crippen LogP contribution is 2.36. The van der Waals surface area contributed by atoms with Gasteiger partial charge < -0.3 is 8.98 Å². The molecule has 7 heteroatoms. The molecule has 2 aromatic carbocycles. The fourth-order valence-electron chi connectivity index (χ4n) is 3.10. The Bertz CT molecular complexity index is 1120. The Morgan fingerprint density at radius 2 is 1.72 bits per heavy atom. The highest BCUT2D eigenvalue weighted by molar-refractivity contribution is 7.99. The second-order valence-corrected chi connectivity index (χ2v) is 8.24. The Balaban J connectivity index is 1.57. The van der Waals surface area contributed by atoms with Crippen molar-refractivity contribution in [3.8, 4) is 22.8 Å². The van der Waals surface area contributed by atoms with Gasteiger partial charge >= 0.3 is 0 Å². The first-order valence-corrected chi connectivity index (χ1v) is 10.5. The van der Waals surface area contributed by atoms with Gasteiger partial charge in [-0.3, -0.25) is 0 Å². The van der Waals surface area contributed by atoms with Crippen molar-refractivity contribution < 1.29 is 4.42 Å². The number of nitrogens with zero attached hydrogens (tertiary/aromatic N) is 5. The van der Waals surface area contributed by atoms with Gasteiger partial charge in [0.1, 0.15) is 0 Å². The largest absolute Gasteiger partial charge is 0.419 e. The third-order valence-corrected chi connectivity index (χ3v) is 5.86. The van der Waals surface area contributed by atoms with Crippen molar-refractivity contribution in [1.82, 2.24) is 25.0 Å². The topological polar surface area (TPSA) is 69.6 Å². The summed E-state index contributed by atoms with van der Waals surface area (Å²) in [5.74, 6) is 1.99. The average molecular weight is 406 g/mol. The van der Waals surface area contributed by atoms with Crippen LogP contribution < -0.4 is 0 Å². The van der Waals surface area contributed by atoms with Crippen LogP contribution in [0.2, 0.25) is 0 Å². The Kier molecular flexibility index (Phi) is 5.49. The molecule has 0 saturated heterocycles. The van der Waals surface area contributed by atoms with Gasteiger partial charge in [0.15, 0.2) is 11.0 Å². The number of aryl methyl sites for hydroxylation is 2. The molecule has 0 radical (unpaired) electrons. The van der Waals surface area contributed by atoms with Crippen LogP contribution in [0.15, 0.2) is 58.1 Å². The minimum atomic E-state index is -0.0408. The minimum Gasteiger partial charge on any atom is -0.419 e. The maximum absolute atomic E-state index is 5.93. The van der Waals surface area contributed by atoms with Crippen LogP contribution in [-0.4, -0.2) is 25.0 Å². The number of benzene rings is 2. The molecular weight excluding hydrogens is 382 g/mol. The number of hydrogen-bond donors (Lipinski definition) is 0. The van der Waals surface area contributed by atoms with Crippen molar-refractivity contribution in [2.75, 3.05) is 0 Å². The summed E-state index contributed by atoms with van der Waals surface area (Å²) in [5, 5.41) is 18.1. The van der Waals surface area contributed by atoms with Crippen LogP contribution in [0.4, 0.5) is 0 Å². The van der Waals surface area contributed by atoms with Gasteiger partial charge in [-0.1, -0.05) is 53.7 Å². The Hall–Kier alpha value is -2.93. The molecule has 6 nitrogen and oxygen atoms in total. The fourth-order valence-corrected chi connectivity index (χ4v) is 4.05. The molecule has 0 spiro atoms. The van der Waals surface area contributed by atoms with Crippen LogP contribution >= 0.6 is 11.8 Å². The Morgan fingerprint density at radius 1 is 0.966 bits per heavy atom. The van der Waals surface area contributed by atoms with Gasteiger partial charge in [-0.15, -0.1) is 20.4 Å². The van der Waals surface area contributed by atoms with E-state index in [-0.39, 0.29) is 5.25 Å². The van der Waals surface area contributed by atoms with Gasteiger partial charge in [-0.25, -0.2) is 0 Å². The van der Waals surface area contributed by atoms with Crippen molar-refractivity contribution in [2.24, 2.45) is 0 Å². The molecule has 0 bridgehead atoms. The SMILES string of the molecule is CCn1c(S[C@H](C)c2nnc(-c3ccc(C)cc3)o2)nnc1-c1ccccc1C. The molecule has 0 aliphatic carbocycles. The molecule has 4 aromatic rings.